The zero-order chi connectivity index (χ0) is 15.8. The highest BCUT2D eigenvalue weighted by Crippen LogP contribution is 2.31. The van der Waals surface area contributed by atoms with Crippen LogP contribution < -0.4 is 0 Å². The number of nitrogens with zero attached hydrogens (tertiary/aromatic N) is 4. The van der Waals surface area contributed by atoms with Crippen molar-refractivity contribution in [3.05, 3.63) is 59.2 Å². The van der Waals surface area contributed by atoms with Crippen molar-refractivity contribution >= 4 is 5.71 Å². The molecule has 2 aromatic rings. The van der Waals surface area contributed by atoms with Gasteiger partial charge in [-0.1, -0.05) is 29.4 Å². The largest absolute Gasteiger partial charge is 0.390 e. The number of benzene rings is 1. The van der Waals surface area contributed by atoms with Gasteiger partial charge in [-0.05, 0) is 19.4 Å². The van der Waals surface area contributed by atoms with Gasteiger partial charge in [-0.2, -0.15) is 0 Å². The summed E-state index contributed by atoms with van der Waals surface area (Å²) in [7, 11) is 0. The van der Waals surface area contributed by atoms with Crippen LogP contribution in [0.2, 0.25) is 0 Å². The van der Waals surface area contributed by atoms with Crippen molar-refractivity contribution in [3.8, 4) is 0 Å². The Morgan fingerprint density at radius 2 is 1.91 bits per heavy atom. The molecule has 2 unspecified atom stereocenters. The third-order valence-electron chi connectivity index (χ3n) is 4.64. The quantitative estimate of drug-likeness (QED) is 0.873. The molecule has 2 aliphatic rings. The summed E-state index contributed by atoms with van der Waals surface area (Å²) in [6.45, 7) is 6.76. The Balaban J connectivity index is 1.49. The summed E-state index contributed by atoms with van der Waals surface area (Å²) in [6, 6.07) is 8.39. The molecule has 0 radical (unpaired) electrons. The first kappa shape index (κ1) is 14.3. The predicted octanol–water partition coefficient (Wildman–Crippen LogP) is 2.33. The zero-order valence-corrected chi connectivity index (χ0v) is 13.4. The molecule has 0 saturated carbocycles. The minimum absolute atomic E-state index is 0.163. The molecule has 1 aromatic heterocycles. The average Bonchev–Trinajstić information content (AvgIpc) is 3.10. The van der Waals surface area contributed by atoms with E-state index in [1.807, 2.05) is 19.3 Å². The molecule has 118 valence electrons. The van der Waals surface area contributed by atoms with Gasteiger partial charge in [0.25, 0.3) is 0 Å². The summed E-state index contributed by atoms with van der Waals surface area (Å²) >= 11 is 0. The van der Waals surface area contributed by atoms with Crippen molar-refractivity contribution in [2.45, 2.75) is 26.5 Å². The fourth-order valence-corrected chi connectivity index (χ4v) is 3.41. The van der Waals surface area contributed by atoms with Gasteiger partial charge in [0.2, 0.25) is 0 Å². The van der Waals surface area contributed by atoms with Gasteiger partial charge >= 0.3 is 0 Å². The maximum atomic E-state index is 5.70. The van der Waals surface area contributed by atoms with Gasteiger partial charge in [0, 0.05) is 43.2 Å². The fraction of sp³-hybridized carbons (Fsp3) is 0.389. The molecule has 0 amide bonds. The highest BCUT2D eigenvalue weighted by Gasteiger charge is 2.42. The first-order valence-electron chi connectivity index (χ1n) is 8.00. The van der Waals surface area contributed by atoms with Gasteiger partial charge in [0.1, 0.15) is 11.9 Å². The van der Waals surface area contributed by atoms with Crippen molar-refractivity contribution < 1.29 is 4.84 Å². The van der Waals surface area contributed by atoms with Crippen molar-refractivity contribution in [2.24, 2.45) is 11.1 Å². The van der Waals surface area contributed by atoms with E-state index in [0.29, 0.717) is 5.92 Å². The smallest absolute Gasteiger partial charge is 0.149 e. The Hall–Kier alpha value is -2.27. The van der Waals surface area contributed by atoms with Gasteiger partial charge in [-0.25, -0.2) is 9.97 Å². The summed E-state index contributed by atoms with van der Waals surface area (Å²) in [5.74, 6) is 1.16. The molecular weight excluding hydrogens is 288 g/mol. The number of aryl methyl sites for hydroxylation is 2. The van der Waals surface area contributed by atoms with Gasteiger partial charge in [-0.15, -0.1) is 0 Å². The van der Waals surface area contributed by atoms with Crippen LogP contribution in [0.4, 0.5) is 0 Å². The van der Waals surface area contributed by atoms with Crippen LogP contribution in [-0.2, 0) is 11.4 Å². The second-order valence-electron chi connectivity index (χ2n) is 6.37. The molecule has 1 fully saturated rings. The van der Waals surface area contributed by atoms with E-state index in [4.69, 9.17) is 4.84 Å². The van der Waals surface area contributed by atoms with E-state index in [2.05, 4.69) is 51.2 Å². The predicted molar refractivity (Wildman–Crippen MR) is 88.1 cm³/mol. The van der Waals surface area contributed by atoms with Crippen molar-refractivity contribution in [2.75, 3.05) is 13.1 Å². The molecule has 4 rings (SSSR count). The van der Waals surface area contributed by atoms with Gasteiger partial charge in [0.15, 0.2) is 0 Å². The Labute approximate surface area is 136 Å². The van der Waals surface area contributed by atoms with Crippen LogP contribution in [0, 0.1) is 19.8 Å². The number of hydrogen-bond acceptors (Lipinski definition) is 5. The molecule has 3 heterocycles. The number of oxime groups is 1. The summed E-state index contributed by atoms with van der Waals surface area (Å²) in [6.07, 6.45) is 3.98. The van der Waals surface area contributed by atoms with Gasteiger partial charge in [0.05, 0.1) is 11.6 Å². The molecule has 2 atom stereocenters. The normalized spacial score (nSPS) is 23.5. The Morgan fingerprint density at radius 3 is 2.70 bits per heavy atom. The van der Waals surface area contributed by atoms with Crippen LogP contribution in [0.3, 0.4) is 0 Å². The lowest BCUT2D eigenvalue weighted by Crippen LogP contribution is -2.23. The van der Waals surface area contributed by atoms with Crippen LogP contribution in [-0.4, -0.2) is 39.8 Å². The van der Waals surface area contributed by atoms with E-state index in [1.165, 1.54) is 11.1 Å². The van der Waals surface area contributed by atoms with Crippen LogP contribution in [0.5, 0.6) is 0 Å². The molecule has 23 heavy (non-hydrogen) atoms. The van der Waals surface area contributed by atoms with Crippen molar-refractivity contribution in [1.82, 2.24) is 14.9 Å². The molecule has 1 saturated heterocycles. The average molecular weight is 308 g/mol. The first-order valence-corrected chi connectivity index (χ1v) is 8.00. The lowest BCUT2D eigenvalue weighted by Gasteiger charge is -2.16. The van der Waals surface area contributed by atoms with E-state index in [-0.39, 0.29) is 6.10 Å². The number of aromatic nitrogens is 2. The SMILES string of the molecule is Cc1ncc(CN2CC3ON=C(c4ccccc4C)C3C2)cn1. The molecule has 0 aliphatic carbocycles. The molecular formula is C18H20N4O. The standard InChI is InChI=1S/C18H20N4O/c1-12-5-3-4-6-15(12)18-16-10-22(11-17(16)23-21-18)9-14-7-19-13(2)20-8-14/h3-8,16-17H,9-11H2,1-2H3. The lowest BCUT2D eigenvalue weighted by atomic mass is 9.92. The summed E-state index contributed by atoms with van der Waals surface area (Å²) in [5, 5.41) is 4.37. The van der Waals surface area contributed by atoms with E-state index in [1.54, 1.807) is 0 Å². The van der Waals surface area contributed by atoms with Crippen molar-refractivity contribution in [1.29, 1.82) is 0 Å². The van der Waals surface area contributed by atoms with E-state index in [9.17, 15) is 0 Å². The van der Waals surface area contributed by atoms with E-state index >= 15 is 0 Å². The summed E-state index contributed by atoms with van der Waals surface area (Å²) in [4.78, 5) is 16.6. The van der Waals surface area contributed by atoms with Crippen molar-refractivity contribution in [3.63, 3.8) is 0 Å². The third kappa shape index (κ3) is 2.72. The topological polar surface area (TPSA) is 50.6 Å². The highest BCUT2D eigenvalue weighted by atomic mass is 16.6. The summed E-state index contributed by atoms with van der Waals surface area (Å²) in [5.41, 5.74) is 4.70. The Kier molecular flexibility index (Phi) is 3.58. The second kappa shape index (κ2) is 5.74. The number of rotatable bonds is 3. The minimum atomic E-state index is 0.163. The second-order valence-corrected chi connectivity index (χ2v) is 6.37. The van der Waals surface area contributed by atoms with Gasteiger partial charge < -0.3 is 4.84 Å². The molecule has 1 aromatic carbocycles. The maximum Gasteiger partial charge on any atom is 0.149 e. The van der Waals surface area contributed by atoms with Gasteiger partial charge in [-0.3, -0.25) is 4.90 Å². The zero-order valence-electron chi connectivity index (χ0n) is 13.4. The van der Waals surface area contributed by atoms with Crippen LogP contribution in [0.1, 0.15) is 22.5 Å². The molecule has 0 N–H and O–H groups in total. The number of fused-ring (bicyclic) bond motifs is 1. The Bertz CT molecular complexity index is 741. The minimum Gasteiger partial charge on any atom is -0.390 e. The summed E-state index contributed by atoms with van der Waals surface area (Å²) < 4.78 is 0. The lowest BCUT2D eigenvalue weighted by molar-refractivity contribution is 0.0745. The Morgan fingerprint density at radius 1 is 1.13 bits per heavy atom. The fourth-order valence-electron chi connectivity index (χ4n) is 3.41. The monoisotopic (exact) mass is 308 g/mol. The molecule has 2 aliphatic heterocycles. The number of likely N-dealkylation sites (tertiary alicyclic amines) is 1. The molecule has 0 bridgehead atoms. The maximum absolute atomic E-state index is 5.70. The van der Waals surface area contributed by atoms with E-state index in [0.717, 1.165) is 36.7 Å². The third-order valence-corrected chi connectivity index (χ3v) is 4.64. The van der Waals surface area contributed by atoms with E-state index < -0.39 is 0 Å². The molecule has 5 heteroatoms. The number of hydrogen-bond donors (Lipinski definition) is 0. The van der Waals surface area contributed by atoms with Crippen LogP contribution >= 0.6 is 0 Å². The van der Waals surface area contributed by atoms with Crippen LogP contribution in [0.15, 0.2) is 41.8 Å². The molecule has 5 nitrogen and oxygen atoms in total. The van der Waals surface area contributed by atoms with Crippen LogP contribution in [0.25, 0.3) is 0 Å². The molecule has 0 spiro atoms. The first-order chi connectivity index (χ1) is 11.2. The highest BCUT2D eigenvalue weighted by molar-refractivity contribution is 6.04.